The van der Waals surface area contributed by atoms with E-state index >= 15 is 0 Å². The third-order valence-corrected chi connectivity index (χ3v) is 11.7. The van der Waals surface area contributed by atoms with Crippen molar-refractivity contribution in [3.8, 4) is 33.6 Å². The van der Waals surface area contributed by atoms with E-state index in [4.69, 9.17) is 0 Å². The van der Waals surface area contributed by atoms with Crippen molar-refractivity contribution in [1.29, 1.82) is 0 Å². The van der Waals surface area contributed by atoms with E-state index in [1.165, 1.54) is 86.0 Å². The molecule has 51 heavy (non-hydrogen) atoms. The maximum absolute atomic E-state index is 2.43. The van der Waals surface area contributed by atoms with Crippen LogP contribution in [0.2, 0.25) is 0 Å². The Bertz CT molecular complexity index is 3100. The van der Waals surface area contributed by atoms with E-state index in [1.807, 2.05) is 11.3 Å². The zero-order chi connectivity index (χ0) is 33.5. The fourth-order valence-corrected chi connectivity index (χ4v) is 9.22. The molecule has 0 saturated heterocycles. The topological polar surface area (TPSA) is 9.86 Å². The van der Waals surface area contributed by atoms with Crippen molar-refractivity contribution in [3.05, 3.63) is 182 Å². The SMILES string of the molecule is c1ccc(-c2ccc(-n3c4ccccc4c4cc5c6ccccc6n(-c6ccc(-c7ccc8sc9ccccc9c8c7)cc6)c5cc43)cc2)cc1. The second kappa shape index (κ2) is 11.0. The molecule has 11 rings (SSSR count). The van der Waals surface area contributed by atoms with Gasteiger partial charge in [-0.05, 0) is 89.0 Å². The van der Waals surface area contributed by atoms with Crippen molar-refractivity contribution in [2.24, 2.45) is 0 Å². The zero-order valence-electron chi connectivity index (χ0n) is 27.6. The predicted octanol–water partition coefficient (Wildman–Crippen LogP) is 13.6. The molecule has 3 heteroatoms. The minimum atomic E-state index is 1.15. The number of rotatable bonds is 4. The lowest BCUT2D eigenvalue weighted by atomic mass is 10.0. The number of para-hydroxylation sites is 2. The average molecular weight is 667 g/mol. The summed E-state index contributed by atoms with van der Waals surface area (Å²) < 4.78 is 7.53. The molecule has 0 bridgehead atoms. The number of thiophene rings is 1. The minimum Gasteiger partial charge on any atom is -0.309 e. The Morgan fingerprint density at radius 3 is 1.37 bits per heavy atom. The summed E-state index contributed by atoms with van der Waals surface area (Å²) in [6.07, 6.45) is 0. The largest absolute Gasteiger partial charge is 0.309 e. The van der Waals surface area contributed by atoms with E-state index in [-0.39, 0.29) is 0 Å². The molecular formula is C48H30N2S. The van der Waals surface area contributed by atoms with Crippen molar-refractivity contribution >= 4 is 75.1 Å². The quantitative estimate of drug-likeness (QED) is 0.177. The second-order valence-electron chi connectivity index (χ2n) is 13.4. The molecule has 8 aromatic carbocycles. The molecule has 0 unspecified atom stereocenters. The number of nitrogens with zero attached hydrogens (tertiary/aromatic N) is 2. The summed E-state index contributed by atoms with van der Waals surface area (Å²) in [6, 6.07) is 66.7. The van der Waals surface area contributed by atoms with Crippen LogP contribution in [0, 0.1) is 0 Å². The molecule has 2 nitrogen and oxygen atoms in total. The summed E-state index contributed by atoms with van der Waals surface area (Å²) >= 11 is 1.86. The van der Waals surface area contributed by atoms with Crippen LogP contribution in [0.4, 0.5) is 0 Å². The summed E-state index contributed by atoms with van der Waals surface area (Å²) in [6.45, 7) is 0. The van der Waals surface area contributed by atoms with Crippen molar-refractivity contribution in [2.45, 2.75) is 0 Å². The molecule has 11 aromatic rings. The van der Waals surface area contributed by atoms with Crippen LogP contribution in [-0.2, 0) is 0 Å². The first kappa shape index (κ1) is 28.4. The smallest absolute Gasteiger partial charge is 0.0562 e. The lowest BCUT2D eigenvalue weighted by molar-refractivity contribution is 1.16. The molecule has 0 fully saturated rings. The number of benzene rings is 8. The minimum absolute atomic E-state index is 1.15. The lowest BCUT2D eigenvalue weighted by Gasteiger charge is -2.11. The van der Waals surface area contributed by atoms with Crippen molar-refractivity contribution in [2.75, 3.05) is 0 Å². The van der Waals surface area contributed by atoms with Gasteiger partial charge in [0.1, 0.15) is 0 Å². The molecule has 0 N–H and O–H groups in total. The van der Waals surface area contributed by atoms with Crippen molar-refractivity contribution in [1.82, 2.24) is 9.13 Å². The van der Waals surface area contributed by atoms with Gasteiger partial charge in [-0.1, -0.05) is 115 Å². The van der Waals surface area contributed by atoms with E-state index < -0.39 is 0 Å². The van der Waals surface area contributed by atoms with Crippen LogP contribution in [0.5, 0.6) is 0 Å². The molecule has 238 valence electrons. The van der Waals surface area contributed by atoms with Crippen LogP contribution >= 0.6 is 11.3 Å². The summed E-state index contributed by atoms with van der Waals surface area (Å²) in [7, 11) is 0. The van der Waals surface area contributed by atoms with Gasteiger partial charge in [-0.15, -0.1) is 11.3 Å². The van der Waals surface area contributed by atoms with Gasteiger partial charge in [-0.3, -0.25) is 0 Å². The average Bonchev–Trinajstić information content (AvgIpc) is 3.84. The Kier molecular flexibility index (Phi) is 6.16. The Hall–Kier alpha value is -6.42. The molecule has 3 aromatic heterocycles. The van der Waals surface area contributed by atoms with Crippen LogP contribution < -0.4 is 0 Å². The van der Waals surface area contributed by atoms with E-state index in [1.54, 1.807) is 0 Å². The maximum atomic E-state index is 2.43. The van der Waals surface area contributed by atoms with E-state index in [0.29, 0.717) is 0 Å². The van der Waals surface area contributed by atoms with Gasteiger partial charge in [0.05, 0.1) is 22.1 Å². The standard InChI is InChI=1S/C48H30N2S/c1-2-10-31(11-3-1)32-18-23-35(24-19-32)49-43-15-7-4-12-37(43)40-29-41-38-13-5-8-16-44(38)50(46(41)30-45(40)49)36-25-20-33(21-26-36)34-22-27-48-42(28-34)39-14-6-9-17-47(39)51-48/h1-30H. The first-order valence-electron chi connectivity index (χ1n) is 17.4. The summed E-state index contributed by atoms with van der Waals surface area (Å²) in [4.78, 5) is 0. The summed E-state index contributed by atoms with van der Waals surface area (Å²) in [5, 5.41) is 7.71. The molecule has 0 radical (unpaired) electrons. The third-order valence-electron chi connectivity index (χ3n) is 10.5. The Labute approximate surface area is 298 Å². The highest BCUT2D eigenvalue weighted by Crippen LogP contribution is 2.41. The maximum Gasteiger partial charge on any atom is 0.0562 e. The van der Waals surface area contributed by atoms with Crippen LogP contribution in [0.1, 0.15) is 0 Å². The Morgan fingerprint density at radius 2 is 0.745 bits per heavy atom. The van der Waals surface area contributed by atoms with Crippen molar-refractivity contribution < 1.29 is 0 Å². The highest BCUT2D eigenvalue weighted by molar-refractivity contribution is 7.25. The van der Waals surface area contributed by atoms with Crippen molar-refractivity contribution in [3.63, 3.8) is 0 Å². The van der Waals surface area contributed by atoms with Crippen LogP contribution in [0.3, 0.4) is 0 Å². The Morgan fingerprint density at radius 1 is 0.275 bits per heavy atom. The van der Waals surface area contributed by atoms with E-state index in [0.717, 1.165) is 11.4 Å². The van der Waals surface area contributed by atoms with Gasteiger partial charge >= 0.3 is 0 Å². The highest BCUT2D eigenvalue weighted by Gasteiger charge is 2.18. The molecule has 0 amide bonds. The normalized spacial score (nSPS) is 11.9. The molecule has 0 aliphatic rings. The van der Waals surface area contributed by atoms with Gasteiger partial charge in [0, 0.05) is 53.1 Å². The molecule has 0 spiro atoms. The monoisotopic (exact) mass is 666 g/mol. The van der Waals surface area contributed by atoms with Crippen LogP contribution in [-0.4, -0.2) is 9.13 Å². The number of aromatic nitrogens is 2. The van der Waals surface area contributed by atoms with E-state index in [2.05, 4.69) is 191 Å². The van der Waals surface area contributed by atoms with Gasteiger partial charge in [0.2, 0.25) is 0 Å². The lowest BCUT2D eigenvalue weighted by Crippen LogP contribution is -1.96. The summed E-state index contributed by atoms with van der Waals surface area (Å²) in [5.41, 5.74) is 12.0. The molecule has 3 heterocycles. The predicted molar refractivity (Wildman–Crippen MR) is 219 cm³/mol. The van der Waals surface area contributed by atoms with Crippen LogP contribution in [0.25, 0.3) is 97.4 Å². The van der Waals surface area contributed by atoms with E-state index in [9.17, 15) is 0 Å². The first-order valence-corrected chi connectivity index (χ1v) is 18.2. The number of hydrogen-bond donors (Lipinski definition) is 0. The fraction of sp³-hybridized carbons (Fsp3) is 0. The molecule has 0 saturated carbocycles. The first-order chi connectivity index (χ1) is 25.3. The molecule has 0 aliphatic carbocycles. The van der Waals surface area contributed by atoms with Crippen LogP contribution in [0.15, 0.2) is 182 Å². The number of fused-ring (bicyclic) bond motifs is 9. The highest BCUT2D eigenvalue weighted by atomic mass is 32.1. The van der Waals surface area contributed by atoms with Gasteiger partial charge in [-0.25, -0.2) is 0 Å². The van der Waals surface area contributed by atoms with Gasteiger partial charge < -0.3 is 9.13 Å². The van der Waals surface area contributed by atoms with Gasteiger partial charge in [0.25, 0.3) is 0 Å². The zero-order valence-corrected chi connectivity index (χ0v) is 28.4. The summed E-state index contributed by atoms with van der Waals surface area (Å²) in [5.74, 6) is 0. The molecule has 0 aliphatic heterocycles. The fourth-order valence-electron chi connectivity index (χ4n) is 8.13. The van der Waals surface area contributed by atoms with Gasteiger partial charge in [-0.2, -0.15) is 0 Å². The third kappa shape index (κ3) is 4.35. The molecule has 0 atom stereocenters. The number of hydrogen-bond acceptors (Lipinski definition) is 1. The molecular weight excluding hydrogens is 637 g/mol. The second-order valence-corrected chi connectivity index (χ2v) is 14.4. The van der Waals surface area contributed by atoms with Gasteiger partial charge in [0.15, 0.2) is 0 Å². The Balaban J connectivity index is 1.09.